The van der Waals surface area contributed by atoms with Gasteiger partial charge in [0.25, 0.3) is 0 Å². The van der Waals surface area contributed by atoms with Gasteiger partial charge in [-0.25, -0.2) is 0 Å². The molecular weight excluding hydrogens is 214 g/mol. The van der Waals surface area contributed by atoms with Crippen molar-refractivity contribution in [3.05, 3.63) is 29.8 Å². The molecule has 0 bridgehead atoms. The summed E-state index contributed by atoms with van der Waals surface area (Å²) in [5, 5.41) is 10.4. The Kier molecular flexibility index (Phi) is 3.85. The van der Waals surface area contributed by atoms with Crippen LogP contribution < -0.4 is 0 Å². The van der Waals surface area contributed by atoms with E-state index in [2.05, 4.69) is 10.3 Å². The normalized spacial score (nSPS) is 16.4. The predicted molar refractivity (Wildman–Crippen MR) is 66.4 cm³/mol. The van der Waals surface area contributed by atoms with Gasteiger partial charge in [-0.2, -0.15) is 0 Å². The SMILES string of the molecule is CC(=O)c1ccc(N=NN2CCCCC2)cc1. The molecule has 1 fully saturated rings. The summed E-state index contributed by atoms with van der Waals surface area (Å²) >= 11 is 0. The summed E-state index contributed by atoms with van der Waals surface area (Å²) in [6.07, 6.45) is 3.68. The highest BCUT2D eigenvalue weighted by atomic mass is 16.1. The second-order valence-corrected chi connectivity index (χ2v) is 4.31. The molecule has 1 heterocycles. The quantitative estimate of drug-likeness (QED) is 0.591. The van der Waals surface area contributed by atoms with Crippen molar-refractivity contribution >= 4 is 11.5 Å². The molecule has 0 radical (unpaired) electrons. The Bertz CT molecular complexity index is 405. The first-order chi connectivity index (χ1) is 8.25. The van der Waals surface area contributed by atoms with Crippen LogP contribution in [0.15, 0.2) is 34.6 Å². The largest absolute Gasteiger partial charge is 0.295 e. The van der Waals surface area contributed by atoms with E-state index in [1.807, 2.05) is 17.1 Å². The van der Waals surface area contributed by atoms with E-state index < -0.39 is 0 Å². The molecule has 1 saturated heterocycles. The summed E-state index contributed by atoms with van der Waals surface area (Å²) in [5.74, 6) is 0.0736. The first-order valence-corrected chi connectivity index (χ1v) is 6.03. The molecule has 0 aliphatic carbocycles. The second kappa shape index (κ2) is 5.57. The summed E-state index contributed by atoms with van der Waals surface area (Å²) in [4.78, 5) is 11.1. The molecule has 0 spiro atoms. The molecule has 0 amide bonds. The van der Waals surface area contributed by atoms with Gasteiger partial charge >= 0.3 is 0 Å². The van der Waals surface area contributed by atoms with Gasteiger partial charge in [0.2, 0.25) is 0 Å². The highest BCUT2D eigenvalue weighted by Crippen LogP contribution is 2.16. The Balaban J connectivity index is 1.98. The van der Waals surface area contributed by atoms with Crippen molar-refractivity contribution in [3.8, 4) is 0 Å². The van der Waals surface area contributed by atoms with E-state index in [0.717, 1.165) is 18.8 Å². The van der Waals surface area contributed by atoms with Crippen LogP contribution in [0.5, 0.6) is 0 Å². The van der Waals surface area contributed by atoms with E-state index in [1.165, 1.54) is 19.3 Å². The van der Waals surface area contributed by atoms with Gasteiger partial charge in [-0.05, 0) is 50.5 Å². The van der Waals surface area contributed by atoms with Crippen LogP contribution in [-0.4, -0.2) is 23.9 Å². The van der Waals surface area contributed by atoms with Crippen molar-refractivity contribution in [2.45, 2.75) is 26.2 Å². The van der Waals surface area contributed by atoms with E-state index in [4.69, 9.17) is 0 Å². The standard InChI is InChI=1S/C13H17N3O/c1-11(17)12-5-7-13(8-6-12)14-15-16-9-3-2-4-10-16/h5-8H,2-4,9-10H2,1H3. The zero-order valence-electron chi connectivity index (χ0n) is 10.1. The van der Waals surface area contributed by atoms with E-state index >= 15 is 0 Å². The molecule has 0 unspecified atom stereocenters. The van der Waals surface area contributed by atoms with Gasteiger partial charge in [0.1, 0.15) is 0 Å². The van der Waals surface area contributed by atoms with Gasteiger partial charge in [0.05, 0.1) is 5.69 Å². The van der Waals surface area contributed by atoms with Crippen molar-refractivity contribution in [2.75, 3.05) is 13.1 Å². The monoisotopic (exact) mass is 231 g/mol. The van der Waals surface area contributed by atoms with E-state index in [9.17, 15) is 4.79 Å². The average Bonchev–Trinajstić information content (AvgIpc) is 2.38. The molecule has 17 heavy (non-hydrogen) atoms. The molecule has 0 saturated carbocycles. The number of piperidine rings is 1. The maximum absolute atomic E-state index is 11.1. The molecule has 0 aromatic heterocycles. The summed E-state index contributed by atoms with van der Waals surface area (Å²) in [6, 6.07) is 7.22. The predicted octanol–water partition coefficient (Wildman–Crippen LogP) is 3.37. The lowest BCUT2D eigenvalue weighted by Gasteiger charge is -2.21. The number of Topliss-reactive ketones (excluding diaryl/α,β-unsaturated/α-hetero) is 1. The summed E-state index contributed by atoms with van der Waals surface area (Å²) in [7, 11) is 0. The van der Waals surface area contributed by atoms with Crippen LogP contribution in [-0.2, 0) is 0 Å². The molecule has 4 heteroatoms. The molecule has 0 N–H and O–H groups in total. The third-order valence-corrected chi connectivity index (χ3v) is 2.89. The number of carbonyl (C=O) groups excluding carboxylic acids is 1. The fourth-order valence-corrected chi connectivity index (χ4v) is 1.84. The Labute approximate surface area is 101 Å². The van der Waals surface area contributed by atoms with Crippen molar-refractivity contribution in [1.29, 1.82) is 0 Å². The van der Waals surface area contributed by atoms with Gasteiger partial charge in [0.15, 0.2) is 5.78 Å². The van der Waals surface area contributed by atoms with Gasteiger partial charge in [-0.1, -0.05) is 5.22 Å². The van der Waals surface area contributed by atoms with Crippen molar-refractivity contribution in [1.82, 2.24) is 5.01 Å². The summed E-state index contributed by atoms with van der Waals surface area (Å²) in [5.41, 5.74) is 1.50. The molecule has 1 aliphatic rings. The molecular formula is C13H17N3O. The lowest BCUT2D eigenvalue weighted by atomic mass is 10.1. The summed E-state index contributed by atoms with van der Waals surface area (Å²) in [6.45, 7) is 3.55. The van der Waals surface area contributed by atoms with E-state index in [1.54, 1.807) is 19.1 Å². The van der Waals surface area contributed by atoms with Crippen LogP contribution in [0.3, 0.4) is 0 Å². The molecule has 1 aromatic rings. The fraction of sp³-hybridized carbons (Fsp3) is 0.462. The number of nitrogens with zero attached hydrogens (tertiary/aromatic N) is 3. The van der Waals surface area contributed by atoms with E-state index in [0.29, 0.717) is 5.56 Å². The van der Waals surface area contributed by atoms with Crippen LogP contribution in [0.4, 0.5) is 5.69 Å². The van der Waals surface area contributed by atoms with Crippen LogP contribution in [0, 0.1) is 0 Å². The highest BCUT2D eigenvalue weighted by molar-refractivity contribution is 5.94. The molecule has 1 aromatic carbocycles. The van der Waals surface area contributed by atoms with Gasteiger partial charge in [-0.3, -0.25) is 9.80 Å². The molecule has 0 atom stereocenters. The maximum Gasteiger partial charge on any atom is 0.159 e. The molecule has 1 aliphatic heterocycles. The van der Waals surface area contributed by atoms with Crippen LogP contribution in [0.1, 0.15) is 36.5 Å². The number of hydrogen-bond acceptors (Lipinski definition) is 3. The van der Waals surface area contributed by atoms with E-state index in [-0.39, 0.29) is 5.78 Å². The maximum atomic E-state index is 11.1. The molecule has 2 rings (SSSR count). The zero-order chi connectivity index (χ0) is 12.1. The first-order valence-electron chi connectivity index (χ1n) is 6.03. The Hall–Kier alpha value is -1.71. The molecule has 90 valence electrons. The van der Waals surface area contributed by atoms with Crippen molar-refractivity contribution < 1.29 is 4.79 Å². The minimum atomic E-state index is 0.0736. The second-order valence-electron chi connectivity index (χ2n) is 4.31. The minimum absolute atomic E-state index is 0.0736. The third-order valence-electron chi connectivity index (χ3n) is 2.89. The first kappa shape index (κ1) is 11.8. The third kappa shape index (κ3) is 3.37. The number of benzene rings is 1. The zero-order valence-corrected chi connectivity index (χ0v) is 10.1. The van der Waals surface area contributed by atoms with Crippen molar-refractivity contribution in [3.63, 3.8) is 0 Å². The fourth-order valence-electron chi connectivity index (χ4n) is 1.84. The van der Waals surface area contributed by atoms with Gasteiger partial charge in [0, 0.05) is 18.7 Å². The van der Waals surface area contributed by atoms with Crippen molar-refractivity contribution in [2.24, 2.45) is 10.3 Å². The smallest absolute Gasteiger partial charge is 0.159 e. The lowest BCUT2D eigenvalue weighted by Crippen LogP contribution is -2.23. The van der Waals surface area contributed by atoms with Crippen LogP contribution >= 0.6 is 0 Å². The Morgan fingerprint density at radius 1 is 1.12 bits per heavy atom. The van der Waals surface area contributed by atoms with Gasteiger partial charge in [-0.15, -0.1) is 5.11 Å². The topological polar surface area (TPSA) is 45.0 Å². The van der Waals surface area contributed by atoms with Crippen LogP contribution in [0.2, 0.25) is 0 Å². The molecule has 4 nitrogen and oxygen atoms in total. The minimum Gasteiger partial charge on any atom is -0.295 e. The Morgan fingerprint density at radius 3 is 2.35 bits per heavy atom. The average molecular weight is 231 g/mol. The highest BCUT2D eigenvalue weighted by Gasteiger charge is 2.06. The van der Waals surface area contributed by atoms with Gasteiger partial charge < -0.3 is 0 Å². The Morgan fingerprint density at radius 2 is 1.76 bits per heavy atom. The number of rotatable bonds is 3. The number of ketones is 1. The van der Waals surface area contributed by atoms with Crippen LogP contribution in [0.25, 0.3) is 0 Å². The summed E-state index contributed by atoms with van der Waals surface area (Å²) < 4.78 is 0. The number of hydrogen-bond donors (Lipinski definition) is 0. The lowest BCUT2D eigenvalue weighted by molar-refractivity contribution is 0.101. The number of carbonyl (C=O) groups is 1.